The molecule has 0 saturated carbocycles. The maximum Gasteiger partial charge on any atom is 0.268 e. The van der Waals surface area contributed by atoms with Crippen LogP contribution in [-0.4, -0.2) is 18.4 Å². The number of hydrogen-bond acceptors (Lipinski definition) is 4. The Bertz CT molecular complexity index is 369. The van der Waals surface area contributed by atoms with Crippen LogP contribution >= 0.6 is 0 Å². The number of pyridine rings is 1. The molecule has 2 N–H and O–H groups in total. The summed E-state index contributed by atoms with van der Waals surface area (Å²) in [5, 5.41) is 0. The van der Waals surface area contributed by atoms with Crippen LogP contribution in [0.5, 0.6) is 5.75 Å². The lowest BCUT2D eigenvalue weighted by atomic mass is 10.1. The highest BCUT2D eigenvalue weighted by Gasteiger charge is 2.21. The number of aromatic nitrogens is 1. The van der Waals surface area contributed by atoms with E-state index in [0.29, 0.717) is 6.29 Å². The molecule has 1 aromatic heterocycles. The smallest absolute Gasteiger partial charge is 0.268 e. The highest BCUT2D eigenvalue weighted by Crippen LogP contribution is 2.31. The molecule has 0 saturated heterocycles. The van der Waals surface area contributed by atoms with Crippen LogP contribution in [0.2, 0.25) is 0 Å². The number of aldehydes is 1. The summed E-state index contributed by atoms with van der Waals surface area (Å²) in [7, 11) is 1.24. The number of alkyl halides is 2. The van der Waals surface area contributed by atoms with E-state index in [4.69, 9.17) is 10.5 Å². The van der Waals surface area contributed by atoms with Gasteiger partial charge in [-0.1, -0.05) is 0 Å². The highest BCUT2D eigenvalue weighted by molar-refractivity contribution is 5.80. The van der Waals surface area contributed by atoms with Crippen molar-refractivity contribution in [1.82, 2.24) is 4.98 Å². The van der Waals surface area contributed by atoms with Crippen molar-refractivity contribution in [2.24, 2.45) is 5.73 Å². The van der Waals surface area contributed by atoms with Crippen LogP contribution in [0.25, 0.3) is 0 Å². The topological polar surface area (TPSA) is 65.2 Å². The minimum absolute atomic E-state index is 0.0716. The van der Waals surface area contributed by atoms with Crippen LogP contribution in [-0.2, 0) is 6.54 Å². The highest BCUT2D eigenvalue weighted by atomic mass is 19.3. The lowest BCUT2D eigenvalue weighted by molar-refractivity contribution is 0.110. The number of nitrogens with two attached hydrogens (primary N) is 1. The van der Waals surface area contributed by atoms with E-state index in [2.05, 4.69) is 4.98 Å². The molecule has 0 aliphatic rings. The van der Waals surface area contributed by atoms with Crippen LogP contribution in [0.3, 0.4) is 0 Å². The minimum Gasteiger partial charge on any atom is -0.495 e. The molecule has 0 bridgehead atoms. The molecule has 0 atom stereocenters. The standard InChI is InChI=1S/C9H10F2N2O2/c1-15-7-3-13-6(2-12)5(4-14)8(7)9(10)11/h3-4,9H,2,12H2,1H3. The van der Waals surface area contributed by atoms with Crippen molar-refractivity contribution in [3.63, 3.8) is 0 Å². The van der Waals surface area contributed by atoms with E-state index in [0.717, 1.165) is 6.20 Å². The first-order valence-electron chi connectivity index (χ1n) is 4.14. The maximum absolute atomic E-state index is 12.7. The fraction of sp³-hybridized carbons (Fsp3) is 0.333. The molecular formula is C9H10F2N2O2. The molecule has 6 heteroatoms. The normalized spacial score (nSPS) is 10.5. The molecule has 0 unspecified atom stereocenters. The van der Waals surface area contributed by atoms with Crippen molar-refractivity contribution in [3.05, 3.63) is 23.0 Å². The zero-order valence-electron chi connectivity index (χ0n) is 8.04. The summed E-state index contributed by atoms with van der Waals surface area (Å²) >= 11 is 0. The van der Waals surface area contributed by atoms with E-state index in [-0.39, 0.29) is 23.6 Å². The third-order valence-corrected chi connectivity index (χ3v) is 1.95. The number of carbonyl (C=O) groups excluding carboxylic acids is 1. The van der Waals surface area contributed by atoms with Crippen molar-refractivity contribution in [1.29, 1.82) is 0 Å². The van der Waals surface area contributed by atoms with Gasteiger partial charge < -0.3 is 10.5 Å². The van der Waals surface area contributed by atoms with Gasteiger partial charge in [0.25, 0.3) is 6.43 Å². The molecule has 15 heavy (non-hydrogen) atoms. The van der Waals surface area contributed by atoms with Gasteiger partial charge in [-0.25, -0.2) is 8.78 Å². The quantitative estimate of drug-likeness (QED) is 0.770. The average molecular weight is 216 g/mol. The second kappa shape index (κ2) is 4.79. The Hall–Kier alpha value is -1.56. The van der Waals surface area contributed by atoms with Gasteiger partial charge in [-0.05, 0) is 0 Å². The van der Waals surface area contributed by atoms with E-state index in [1.165, 1.54) is 7.11 Å². The lowest BCUT2D eigenvalue weighted by Crippen LogP contribution is -2.09. The van der Waals surface area contributed by atoms with Gasteiger partial charge in [-0.3, -0.25) is 9.78 Å². The van der Waals surface area contributed by atoms with E-state index in [1.807, 2.05) is 0 Å². The van der Waals surface area contributed by atoms with E-state index >= 15 is 0 Å². The molecular weight excluding hydrogens is 206 g/mol. The molecule has 0 spiro atoms. The number of carbonyl (C=O) groups is 1. The van der Waals surface area contributed by atoms with Crippen molar-refractivity contribution >= 4 is 6.29 Å². The molecule has 0 aliphatic carbocycles. The predicted molar refractivity (Wildman–Crippen MR) is 49.0 cm³/mol. The van der Waals surface area contributed by atoms with Crippen LogP contribution in [0, 0.1) is 0 Å². The Kier molecular flexibility index (Phi) is 3.68. The Morgan fingerprint density at radius 1 is 1.67 bits per heavy atom. The van der Waals surface area contributed by atoms with Gasteiger partial charge >= 0.3 is 0 Å². The number of halogens is 2. The van der Waals surface area contributed by atoms with Gasteiger partial charge in [0.1, 0.15) is 5.75 Å². The predicted octanol–water partition coefficient (Wildman–Crippen LogP) is 1.30. The van der Waals surface area contributed by atoms with Crippen LogP contribution in [0.4, 0.5) is 8.78 Å². The third-order valence-electron chi connectivity index (χ3n) is 1.95. The Morgan fingerprint density at radius 2 is 2.33 bits per heavy atom. The molecule has 0 fully saturated rings. The number of nitrogens with zero attached hydrogens (tertiary/aromatic N) is 1. The summed E-state index contributed by atoms with van der Waals surface area (Å²) in [5.74, 6) is -0.107. The summed E-state index contributed by atoms with van der Waals surface area (Å²) in [5.41, 5.74) is 4.78. The second-order valence-corrected chi connectivity index (χ2v) is 2.72. The first kappa shape index (κ1) is 11.5. The molecule has 0 amide bonds. The summed E-state index contributed by atoms with van der Waals surface area (Å²) in [6.45, 7) is -0.0716. The van der Waals surface area contributed by atoms with Crippen molar-refractivity contribution in [2.75, 3.05) is 7.11 Å². The van der Waals surface area contributed by atoms with Crippen molar-refractivity contribution < 1.29 is 18.3 Å². The summed E-state index contributed by atoms with van der Waals surface area (Å²) in [4.78, 5) is 14.5. The van der Waals surface area contributed by atoms with Gasteiger partial charge in [0.2, 0.25) is 0 Å². The van der Waals surface area contributed by atoms with Gasteiger partial charge in [0.05, 0.1) is 24.6 Å². The second-order valence-electron chi connectivity index (χ2n) is 2.72. The summed E-state index contributed by atoms with van der Waals surface area (Å²) in [6, 6.07) is 0. The number of methoxy groups -OCH3 is 1. The van der Waals surface area contributed by atoms with Gasteiger partial charge in [-0.15, -0.1) is 0 Å². The van der Waals surface area contributed by atoms with E-state index in [9.17, 15) is 13.6 Å². The van der Waals surface area contributed by atoms with Crippen LogP contribution in [0.1, 0.15) is 28.0 Å². The lowest BCUT2D eigenvalue weighted by Gasteiger charge is -2.11. The molecule has 0 aliphatic heterocycles. The van der Waals surface area contributed by atoms with Crippen LogP contribution in [0.15, 0.2) is 6.20 Å². The Morgan fingerprint density at radius 3 is 2.73 bits per heavy atom. The van der Waals surface area contributed by atoms with Gasteiger partial charge in [-0.2, -0.15) is 0 Å². The molecule has 1 rings (SSSR count). The molecule has 1 aromatic rings. The Balaban J connectivity index is 3.44. The van der Waals surface area contributed by atoms with Crippen LogP contribution < -0.4 is 10.5 Å². The minimum atomic E-state index is -2.80. The first-order valence-corrected chi connectivity index (χ1v) is 4.14. The van der Waals surface area contributed by atoms with Gasteiger partial charge in [0.15, 0.2) is 6.29 Å². The number of rotatable bonds is 4. The molecule has 0 aromatic carbocycles. The Labute approximate surface area is 85.1 Å². The monoisotopic (exact) mass is 216 g/mol. The summed E-state index contributed by atoms with van der Waals surface area (Å²) in [6.07, 6.45) is -1.34. The fourth-order valence-corrected chi connectivity index (χ4v) is 1.25. The summed E-state index contributed by atoms with van der Waals surface area (Å²) < 4.78 is 30.0. The molecule has 4 nitrogen and oxygen atoms in total. The number of hydrogen-bond donors (Lipinski definition) is 1. The zero-order chi connectivity index (χ0) is 11.4. The molecule has 0 radical (unpaired) electrons. The maximum atomic E-state index is 12.7. The SMILES string of the molecule is COc1cnc(CN)c(C=O)c1C(F)F. The van der Waals surface area contributed by atoms with E-state index in [1.54, 1.807) is 0 Å². The molecule has 1 heterocycles. The average Bonchev–Trinajstić information content (AvgIpc) is 2.26. The zero-order valence-corrected chi connectivity index (χ0v) is 8.04. The third kappa shape index (κ3) is 2.10. The van der Waals surface area contributed by atoms with Crippen molar-refractivity contribution in [2.45, 2.75) is 13.0 Å². The number of ether oxygens (including phenoxy) is 1. The largest absolute Gasteiger partial charge is 0.495 e. The molecule has 82 valence electrons. The van der Waals surface area contributed by atoms with Gasteiger partial charge in [0, 0.05) is 12.1 Å². The van der Waals surface area contributed by atoms with E-state index < -0.39 is 12.0 Å². The first-order chi connectivity index (χ1) is 7.15. The fourth-order valence-electron chi connectivity index (χ4n) is 1.25. The van der Waals surface area contributed by atoms with Crippen molar-refractivity contribution in [3.8, 4) is 5.75 Å².